The van der Waals surface area contributed by atoms with Crippen molar-refractivity contribution in [1.82, 2.24) is 68.0 Å². The molecule has 2 aromatic heterocycles. The van der Waals surface area contributed by atoms with E-state index in [1.807, 2.05) is 42.5 Å². The summed E-state index contributed by atoms with van der Waals surface area (Å²) in [5.41, 5.74) is 13.8. The van der Waals surface area contributed by atoms with Crippen LogP contribution in [0.5, 0.6) is 11.5 Å². The average molecular weight is 1460 g/mol. The minimum absolute atomic E-state index is 0.0107. The molecule has 558 valence electrons. The molecule has 1 fully saturated rings. The van der Waals surface area contributed by atoms with Gasteiger partial charge in [0.1, 0.15) is 60.4 Å². The molecule has 4 aromatic carbocycles. The van der Waals surface area contributed by atoms with Crippen molar-refractivity contribution in [2.45, 2.75) is 159 Å². The number of amides is 11. The number of carbonyl (C=O) groups excluding carboxylic acids is 11. The van der Waals surface area contributed by atoms with Gasteiger partial charge in [0.15, 0.2) is 17.5 Å². The lowest BCUT2D eigenvalue weighted by molar-refractivity contribution is -0.142. The van der Waals surface area contributed by atoms with E-state index < -0.39 is 132 Å². The Morgan fingerprint density at radius 3 is 1.70 bits per heavy atom. The Kier molecular flexibility index (Phi) is 29.4. The minimum atomic E-state index is -1.81. The fourth-order valence-corrected chi connectivity index (χ4v) is 12.4. The second kappa shape index (κ2) is 38.8. The molecule has 6 aromatic rings. The summed E-state index contributed by atoms with van der Waals surface area (Å²) in [6, 6.07) is 17.6. The molecular weight excluding hydrogens is 1370 g/mol. The molecule has 30 nitrogen and oxygen atoms in total. The number of primary amides is 1. The number of benzene rings is 4. The van der Waals surface area contributed by atoms with Crippen LogP contribution in [0.2, 0.25) is 5.02 Å². The van der Waals surface area contributed by atoms with Gasteiger partial charge in [-0.15, -0.1) is 0 Å². The second-order valence-electron chi connectivity index (χ2n) is 26.3. The molecular formula is C74H91ClN16O14. The van der Waals surface area contributed by atoms with Crippen LogP contribution in [0.3, 0.4) is 0 Å². The molecule has 31 heteroatoms. The summed E-state index contributed by atoms with van der Waals surface area (Å²) in [7, 11) is 0. The van der Waals surface area contributed by atoms with Crippen molar-refractivity contribution >= 4 is 93.3 Å². The van der Waals surface area contributed by atoms with Crippen LogP contribution >= 0.6 is 11.6 Å². The number of aliphatic hydroxyl groups is 1. The lowest BCUT2D eigenvalue weighted by atomic mass is 9.97. The number of nitrogens with zero attached hydrogens (tertiary/aromatic N) is 3. The fraction of sp³-hybridized carbons (Fsp3) is 0.405. The number of carbonyl (C=O) groups is 11. The third-order valence-electron chi connectivity index (χ3n) is 17.7. The monoisotopic (exact) mass is 1460 g/mol. The van der Waals surface area contributed by atoms with Crippen molar-refractivity contribution in [3.63, 3.8) is 0 Å². The highest BCUT2D eigenvalue weighted by Gasteiger charge is 2.40. The maximum atomic E-state index is 15.1. The number of guanidine groups is 1. The van der Waals surface area contributed by atoms with Gasteiger partial charge in [-0.3, -0.25) is 68.1 Å². The predicted molar refractivity (Wildman–Crippen MR) is 388 cm³/mol. The van der Waals surface area contributed by atoms with E-state index in [0.717, 1.165) is 16.3 Å². The molecule has 2 aliphatic rings. The van der Waals surface area contributed by atoms with E-state index in [1.54, 1.807) is 80.6 Å². The SMILES string of the molecule is CC(=O)N[C@H](Cc1cccc2ccccc12)C(=O)N[C@H](Cc1ccc(Cl)cc1)C(=O)N[C@H](Cc1cccnc1)C(=O)N[C@@H](CO)C(=O)N[C@@H](CCc1ccc2c(c1)OCO2)C(=O)N[C@H](Cc1cccnc1)C(=O)N[C@@H](CC(C)C)C(=O)N[C@@H](CCCNC(=N)N)C(=O)N1CCC[C@H]1C(=O)N[C@H](C)C(N)=O. The topological polar surface area (TPSA) is 452 Å². The summed E-state index contributed by atoms with van der Waals surface area (Å²) in [6.45, 7) is 5.46. The van der Waals surface area contributed by atoms with Crippen molar-refractivity contribution in [2.75, 3.05) is 26.5 Å². The molecule has 105 heavy (non-hydrogen) atoms. The average Bonchev–Trinajstić information content (AvgIpc) is 1.79. The Balaban J connectivity index is 1.04. The first-order valence-electron chi connectivity index (χ1n) is 34.7. The number of fused-ring (bicyclic) bond motifs is 2. The smallest absolute Gasteiger partial charge is 0.245 e. The lowest BCUT2D eigenvalue weighted by Gasteiger charge is -2.31. The number of hydrogen-bond acceptors (Lipinski definition) is 17. The molecule has 0 spiro atoms. The van der Waals surface area contributed by atoms with Crippen LogP contribution in [0.15, 0.2) is 134 Å². The second-order valence-corrected chi connectivity index (χ2v) is 26.8. The zero-order valence-corrected chi connectivity index (χ0v) is 59.5. The summed E-state index contributed by atoms with van der Waals surface area (Å²) in [5, 5.41) is 47.9. The Hall–Kier alpha value is -11.3. The summed E-state index contributed by atoms with van der Waals surface area (Å²) in [6.07, 6.45) is 6.16. The molecule has 0 aliphatic carbocycles. The van der Waals surface area contributed by atoms with E-state index in [0.29, 0.717) is 45.2 Å². The van der Waals surface area contributed by atoms with E-state index in [-0.39, 0.29) is 96.0 Å². The Labute approximate surface area is 612 Å². The molecule has 11 amide bonds. The van der Waals surface area contributed by atoms with Crippen LogP contribution in [0.4, 0.5) is 0 Å². The van der Waals surface area contributed by atoms with Gasteiger partial charge >= 0.3 is 0 Å². The quantitative estimate of drug-likeness (QED) is 0.0147. The van der Waals surface area contributed by atoms with Crippen LogP contribution < -0.4 is 74.1 Å². The maximum Gasteiger partial charge on any atom is 0.245 e. The highest BCUT2D eigenvalue weighted by Crippen LogP contribution is 2.33. The molecule has 0 unspecified atom stereocenters. The number of nitrogens with one attached hydrogen (secondary N) is 11. The number of aryl methyl sites for hydroxylation is 1. The summed E-state index contributed by atoms with van der Waals surface area (Å²) in [4.78, 5) is 166. The zero-order valence-electron chi connectivity index (χ0n) is 58.8. The molecule has 2 aliphatic heterocycles. The fourth-order valence-electron chi connectivity index (χ4n) is 12.3. The zero-order chi connectivity index (χ0) is 75.7. The van der Waals surface area contributed by atoms with Gasteiger partial charge in [0.25, 0.3) is 0 Å². The first-order valence-corrected chi connectivity index (χ1v) is 35.1. The summed E-state index contributed by atoms with van der Waals surface area (Å²) < 4.78 is 11.1. The van der Waals surface area contributed by atoms with Gasteiger partial charge in [-0.25, -0.2) is 0 Å². The number of nitrogens with two attached hydrogens (primary N) is 2. The van der Waals surface area contributed by atoms with Crippen molar-refractivity contribution in [1.29, 1.82) is 5.41 Å². The highest BCUT2D eigenvalue weighted by molar-refractivity contribution is 6.30. The third kappa shape index (κ3) is 23.9. The lowest BCUT2D eigenvalue weighted by Crippen LogP contribution is -2.61. The highest BCUT2D eigenvalue weighted by atomic mass is 35.5. The van der Waals surface area contributed by atoms with E-state index in [2.05, 4.69) is 63.1 Å². The number of aliphatic hydroxyl groups excluding tert-OH is 1. The standard InChI is InChI=1S/C74H91ClN16O14/c1-42(2)32-55(66(96)85-54(18-10-30-81-74(77)78)73(103)91-31-11-19-61(91)72(102)82-43(3)64(76)94)86-68(98)57(34-47-12-8-28-79-38-47)87-65(95)53(26-22-46-23-27-62-63(36-46)105-41-104-62)84-71(101)60(40-92)90-69(99)58(35-48-13-9-29-80-39-48)89-67(97)56(33-45-20-24-51(75)25-21-45)88-70(100)59(83-44(4)93)37-50-16-7-15-49-14-5-6-17-52(49)50/h5-9,12-17,20-21,23-25,27-29,36,38-39,42-43,53-61,92H,10-11,18-19,22,26,30-35,37,40-41H2,1-4H3,(H2,76,94)(H,82,102)(H,83,93)(H,84,101)(H,85,96)(H,86,98)(H,87,95)(H,88,100)(H,89,97)(H,90,99)(H4,77,78,81)/t43-,53+,54+,55+,56-,57-,58-,59-,60+,61+/m1/s1. The molecule has 0 bridgehead atoms. The van der Waals surface area contributed by atoms with Crippen LogP contribution in [0.25, 0.3) is 10.8 Å². The normalized spacial score (nSPS) is 15.5. The maximum absolute atomic E-state index is 15.1. The molecule has 4 heterocycles. The van der Waals surface area contributed by atoms with Crippen LogP contribution in [0.1, 0.15) is 94.0 Å². The van der Waals surface area contributed by atoms with Gasteiger partial charge in [-0.2, -0.15) is 0 Å². The molecule has 0 saturated carbocycles. The first kappa shape index (κ1) is 79.4. The van der Waals surface area contributed by atoms with Crippen LogP contribution in [0, 0.1) is 11.3 Å². The van der Waals surface area contributed by atoms with E-state index >= 15 is 9.59 Å². The summed E-state index contributed by atoms with van der Waals surface area (Å²) >= 11 is 6.26. The van der Waals surface area contributed by atoms with Crippen LogP contribution in [-0.2, 0) is 84.8 Å². The number of rotatable bonds is 37. The molecule has 10 atom stereocenters. The van der Waals surface area contributed by atoms with Crippen molar-refractivity contribution < 1.29 is 67.3 Å². The van der Waals surface area contributed by atoms with Crippen LogP contribution in [-0.4, -0.2) is 178 Å². The number of halogens is 1. The van der Waals surface area contributed by atoms with Gasteiger partial charge in [0.2, 0.25) is 71.8 Å². The van der Waals surface area contributed by atoms with Crippen molar-refractivity contribution in [3.05, 3.63) is 167 Å². The van der Waals surface area contributed by atoms with Crippen molar-refractivity contribution in [2.24, 2.45) is 17.4 Å². The molecule has 0 radical (unpaired) electrons. The summed E-state index contributed by atoms with van der Waals surface area (Å²) in [5.74, 6) is -8.46. The Morgan fingerprint density at radius 2 is 1.11 bits per heavy atom. The van der Waals surface area contributed by atoms with Gasteiger partial charge in [0, 0.05) is 75.5 Å². The van der Waals surface area contributed by atoms with Gasteiger partial charge < -0.3 is 84.1 Å². The Bertz CT molecular complexity index is 4060. The number of aromatic nitrogens is 2. The minimum Gasteiger partial charge on any atom is -0.454 e. The predicted octanol–water partition coefficient (Wildman–Crippen LogP) is 1.10. The van der Waals surface area contributed by atoms with Crippen molar-refractivity contribution in [3.8, 4) is 11.5 Å². The first-order chi connectivity index (χ1) is 50.3. The van der Waals surface area contributed by atoms with E-state index in [9.17, 15) is 48.3 Å². The largest absolute Gasteiger partial charge is 0.454 e. The third-order valence-corrected chi connectivity index (χ3v) is 18.0. The number of hydrogen-bond donors (Lipinski definition) is 14. The van der Waals surface area contributed by atoms with Gasteiger partial charge in [-0.1, -0.05) is 98.2 Å². The van der Waals surface area contributed by atoms with E-state index in [4.69, 9.17) is 38.0 Å². The van der Waals surface area contributed by atoms with Gasteiger partial charge in [0.05, 0.1) is 6.61 Å². The number of likely N-dealkylation sites (tertiary alicyclic amines) is 1. The van der Waals surface area contributed by atoms with E-state index in [1.165, 1.54) is 43.5 Å². The molecule has 16 N–H and O–H groups in total. The number of pyridine rings is 2. The molecule has 1 saturated heterocycles. The number of ether oxygens (including phenoxy) is 2. The van der Waals surface area contributed by atoms with Gasteiger partial charge in [-0.05, 0) is 133 Å². The Morgan fingerprint density at radius 1 is 0.581 bits per heavy atom. The molecule has 8 rings (SSSR count).